The summed E-state index contributed by atoms with van der Waals surface area (Å²) in [6.07, 6.45) is 0.839. The van der Waals surface area contributed by atoms with E-state index in [4.69, 9.17) is 4.99 Å². The average molecular weight is 450 g/mol. The molecule has 0 fully saturated rings. The van der Waals surface area contributed by atoms with Crippen LogP contribution < -0.4 is 10.6 Å². The quantitative estimate of drug-likeness (QED) is 0.363. The molecule has 0 aliphatic rings. The molecule has 0 amide bonds. The van der Waals surface area contributed by atoms with E-state index >= 15 is 0 Å². The van der Waals surface area contributed by atoms with Crippen LogP contribution in [0.3, 0.4) is 0 Å². The molecular formula is C18H32FIN4. The van der Waals surface area contributed by atoms with E-state index in [0.29, 0.717) is 0 Å². The topological polar surface area (TPSA) is 39.7 Å². The number of halogens is 2. The zero-order valence-corrected chi connectivity index (χ0v) is 17.9. The van der Waals surface area contributed by atoms with Crippen molar-refractivity contribution in [2.45, 2.75) is 27.2 Å². The summed E-state index contributed by atoms with van der Waals surface area (Å²) in [5.74, 6) is 0.640. The molecule has 2 N–H and O–H groups in total. The number of nitrogens with one attached hydrogen (secondary N) is 2. The van der Waals surface area contributed by atoms with E-state index in [2.05, 4.69) is 50.4 Å². The molecule has 0 aliphatic carbocycles. The Hall–Kier alpha value is -0.890. The van der Waals surface area contributed by atoms with Gasteiger partial charge >= 0.3 is 0 Å². The summed E-state index contributed by atoms with van der Waals surface area (Å²) in [5, 5.41) is 6.61. The zero-order chi connectivity index (χ0) is 17.3. The minimum absolute atomic E-state index is 0. The summed E-state index contributed by atoms with van der Waals surface area (Å²) in [7, 11) is 4.16. The minimum Gasteiger partial charge on any atom is -0.357 e. The fraction of sp³-hybridized carbons (Fsp3) is 0.611. The highest BCUT2D eigenvalue weighted by Gasteiger charge is 2.18. The highest BCUT2D eigenvalue weighted by molar-refractivity contribution is 14.0. The normalized spacial score (nSPS) is 12.0. The van der Waals surface area contributed by atoms with Crippen LogP contribution in [0.2, 0.25) is 0 Å². The molecule has 0 aromatic heterocycles. The molecule has 0 spiro atoms. The van der Waals surface area contributed by atoms with Gasteiger partial charge in [-0.25, -0.2) is 4.39 Å². The van der Waals surface area contributed by atoms with Crippen LogP contribution >= 0.6 is 24.0 Å². The molecule has 1 rings (SSSR count). The van der Waals surface area contributed by atoms with E-state index < -0.39 is 0 Å². The summed E-state index contributed by atoms with van der Waals surface area (Å²) >= 11 is 0. The van der Waals surface area contributed by atoms with Crippen molar-refractivity contribution in [3.63, 3.8) is 0 Å². The highest BCUT2D eigenvalue weighted by atomic mass is 127. The molecule has 138 valence electrons. The number of hydrogen-bond donors (Lipinski definition) is 2. The van der Waals surface area contributed by atoms with E-state index in [1.165, 1.54) is 12.1 Å². The van der Waals surface area contributed by atoms with Gasteiger partial charge in [-0.3, -0.25) is 4.99 Å². The number of rotatable bonds is 8. The smallest absolute Gasteiger partial charge is 0.191 e. The van der Waals surface area contributed by atoms with Crippen molar-refractivity contribution in [1.82, 2.24) is 15.5 Å². The van der Waals surface area contributed by atoms with Crippen molar-refractivity contribution in [1.29, 1.82) is 0 Å². The predicted octanol–water partition coefficient (Wildman–Crippen LogP) is 3.13. The SMILES string of the molecule is CCNC(=NCC(C)(C)CN(C)C)NCCc1ccc(F)cc1.I. The van der Waals surface area contributed by atoms with Gasteiger partial charge in [0.05, 0.1) is 0 Å². The van der Waals surface area contributed by atoms with Gasteiger partial charge in [-0.15, -0.1) is 24.0 Å². The first-order valence-electron chi connectivity index (χ1n) is 8.24. The molecule has 0 saturated carbocycles. The fourth-order valence-corrected chi connectivity index (χ4v) is 2.52. The number of benzene rings is 1. The summed E-state index contributed by atoms with van der Waals surface area (Å²) in [4.78, 5) is 6.88. The van der Waals surface area contributed by atoms with E-state index in [-0.39, 0.29) is 35.2 Å². The summed E-state index contributed by atoms with van der Waals surface area (Å²) in [5.41, 5.74) is 1.24. The lowest BCUT2D eigenvalue weighted by molar-refractivity contribution is 0.248. The van der Waals surface area contributed by atoms with E-state index in [0.717, 1.165) is 44.1 Å². The van der Waals surface area contributed by atoms with Crippen LogP contribution in [0, 0.1) is 11.2 Å². The van der Waals surface area contributed by atoms with Crippen LogP contribution in [0.15, 0.2) is 29.3 Å². The lowest BCUT2D eigenvalue weighted by Crippen LogP contribution is -2.40. The number of nitrogens with zero attached hydrogens (tertiary/aromatic N) is 2. The Morgan fingerprint density at radius 1 is 1.17 bits per heavy atom. The van der Waals surface area contributed by atoms with Gasteiger partial charge in [-0.05, 0) is 50.6 Å². The van der Waals surface area contributed by atoms with Gasteiger partial charge < -0.3 is 15.5 Å². The molecule has 6 heteroatoms. The monoisotopic (exact) mass is 450 g/mol. The van der Waals surface area contributed by atoms with E-state index in [1.807, 2.05) is 12.1 Å². The summed E-state index contributed by atoms with van der Waals surface area (Å²) < 4.78 is 12.9. The average Bonchev–Trinajstić information content (AvgIpc) is 2.45. The molecule has 0 bridgehead atoms. The highest BCUT2D eigenvalue weighted by Crippen LogP contribution is 2.15. The van der Waals surface area contributed by atoms with Crippen molar-refractivity contribution in [3.05, 3.63) is 35.6 Å². The molecule has 0 atom stereocenters. The van der Waals surface area contributed by atoms with Crippen LogP contribution in [-0.4, -0.2) is 51.1 Å². The summed E-state index contributed by atoms with van der Waals surface area (Å²) in [6, 6.07) is 6.64. The number of hydrogen-bond acceptors (Lipinski definition) is 2. The molecule has 0 saturated heterocycles. The van der Waals surface area contributed by atoms with Crippen LogP contribution in [0.4, 0.5) is 4.39 Å². The zero-order valence-electron chi connectivity index (χ0n) is 15.5. The fourth-order valence-electron chi connectivity index (χ4n) is 2.52. The Morgan fingerprint density at radius 2 is 1.79 bits per heavy atom. The molecular weight excluding hydrogens is 418 g/mol. The van der Waals surface area contributed by atoms with Crippen LogP contribution in [0.1, 0.15) is 26.3 Å². The van der Waals surface area contributed by atoms with Crippen molar-refractivity contribution in [2.75, 3.05) is 40.3 Å². The molecule has 1 aromatic rings. The molecule has 24 heavy (non-hydrogen) atoms. The lowest BCUT2D eigenvalue weighted by Gasteiger charge is -2.26. The first-order chi connectivity index (χ1) is 10.8. The summed E-state index contributed by atoms with van der Waals surface area (Å²) in [6.45, 7) is 9.85. The van der Waals surface area contributed by atoms with E-state index in [1.54, 1.807) is 0 Å². The first kappa shape index (κ1) is 23.1. The van der Waals surface area contributed by atoms with Gasteiger partial charge in [0.1, 0.15) is 5.82 Å². The minimum atomic E-state index is -0.195. The molecule has 0 radical (unpaired) electrons. The lowest BCUT2D eigenvalue weighted by atomic mass is 9.93. The second-order valence-electron chi connectivity index (χ2n) is 6.90. The predicted molar refractivity (Wildman–Crippen MR) is 112 cm³/mol. The van der Waals surface area contributed by atoms with Crippen molar-refractivity contribution < 1.29 is 4.39 Å². The largest absolute Gasteiger partial charge is 0.357 e. The van der Waals surface area contributed by atoms with Crippen LogP contribution in [-0.2, 0) is 6.42 Å². The molecule has 1 aromatic carbocycles. The standard InChI is InChI=1S/C18H31FN4.HI/c1-6-20-17(22-13-18(2,3)14-23(4)5)21-12-11-15-7-9-16(19)10-8-15;/h7-10H,6,11-14H2,1-5H3,(H2,20,21,22);1H. The molecule has 0 aliphatic heterocycles. The third kappa shape index (κ3) is 10.1. The van der Waals surface area contributed by atoms with Crippen molar-refractivity contribution in [3.8, 4) is 0 Å². The Bertz CT molecular complexity index is 486. The number of guanidine groups is 1. The third-order valence-corrected chi connectivity index (χ3v) is 3.37. The molecule has 0 heterocycles. The second-order valence-corrected chi connectivity index (χ2v) is 6.90. The van der Waals surface area contributed by atoms with Crippen LogP contribution in [0.5, 0.6) is 0 Å². The van der Waals surface area contributed by atoms with Crippen molar-refractivity contribution in [2.24, 2.45) is 10.4 Å². The van der Waals surface area contributed by atoms with Gasteiger partial charge in [0.25, 0.3) is 0 Å². The Balaban J connectivity index is 0.00000529. The maximum absolute atomic E-state index is 12.9. The second kappa shape index (κ2) is 11.6. The maximum Gasteiger partial charge on any atom is 0.191 e. The van der Waals surface area contributed by atoms with Gasteiger partial charge in [-0.2, -0.15) is 0 Å². The van der Waals surface area contributed by atoms with Gasteiger partial charge in [0.2, 0.25) is 0 Å². The molecule has 4 nitrogen and oxygen atoms in total. The Morgan fingerprint density at radius 3 is 2.33 bits per heavy atom. The number of aliphatic imine (C=N–C) groups is 1. The third-order valence-electron chi connectivity index (χ3n) is 3.37. The Kier molecular flexibility index (Phi) is 11.2. The van der Waals surface area contributed by atoms with Gasteiger partial charge in [0, 0.05) is 26.2 Å². The Labute approximate surface area is 163 Å². The maximum atomic E-state index is 12.9. The van der Waals surface area contributed by atoms with E-state index in [9.17, 15) is 4.39 Å². The van der Waals surface area contributed by atoms with Crippen LogP contribution in [0.25, 0.3) is 0 Å². The van der Waals surface area contributed by atoms with Gasteiger partial charge in [-0.1, -0.05) is 26.0 Å². The first-order valence-corrected chi connectivity index (χ1v) is 8.24. The molecule has 0 unspecified atom stereocenters. The van der Waals surface area contributed by atoms with Gasteiger partial charge in [0.15, 0.2) is 5.96 Å². The van der Waals surface area contributed by atoms with Crippen molar-refractivity contribution >= 4 is 29.9 Å².